The number of aliphatic hydroxyl groups is 1. The highest BCUT2D eigenvalue weighted by molar-refractivity contribution is 9.10. The topological polar surface area (TPSA) is 57.6 Å². The van der Waals surface area contributed by atoms with Crippen molar-refractivity contribution < 1.29 is 26.7 Å². The highest BCUT2D eigenvalue weighted by atomic mass is 79.9. The van der Waals surface area contributed by atoms with Crippen LogP contribution < -0.4 is 0 Å². The van der Waals surface area contributed by atoms with Gasteiger partial charge >= 0.3 is 6.18 Å². The van der Waals surface area contributed by atoms with Gasteiger partial charge in [0.05, 0.1) is 11.5 Å². The molecule has 9 heteroatoms. The van der Waals surface area contributed by atoms with Crippen molar-refractivity contribution in [3.8, 4) is 0 Å². The number of rotatable bonds is 5. The van der Waals surface area contributed by atoms with Gasteiger partial charge in [0.15, 0.2) is 0 Å². The van der Waals surface area contributed by atoms with Gasteiger partial charge in [0.2, 0.25) is 10.0 Å². The van der Waals surface area contributed by atoms with E-state index in [-0.39, 0.29) is 9.20 Å². The van der Waals surface area contributed by atoms with E-state index in [0.717, 1.165) is 0 Å². The summed E-state index contributed by atoms with van der Waals surface area (Å²) in [6.45, 7) is -2.94. The summed E-state index contributed by atoms with van der Waals surface area (Å²) in [5, 5.41) is 8.72. The molecule has 19 heavy (non-hydrogen) atoms. The van der Waals surface area contributed by atoms with Crippen molar-refractivity contribution in [3.63, 3.8) is 0 Å². The van der Waals surface area contributed by atoms with E-state index >= 15 is 0 Å². The number of aliphatic hydroxyl groups excluding tert-OH is 1. The maximum Gasteiger partial charge on any atom is 0.402 e. The number of alkyl halides is 3. The molecule has 1 aromatic carbocycles. The molecule has 0 heterocycles. The van der Waals surface area contributed by atoms with Crippen LogP contribution in [-0.2, 0) is 10.0 Å². The van der Waals surface area contributed by atoms with E-state index in [1.807, 2.05) is 0 Å². The molecule has 1 aromatic rings. The van der Waals surface area contributed by atoms with Gasteiger partial charge in [-0.05, 0) is 18.2 Å². The molecule has 0 atom stereocenters. The summed E-state index contributed by atoms with van der Waals surface area (Å²) in [5.41, 5.74) is 0. The quantitative estimate of drug-likeness (QED) is 0.872. The standard InChI is InChI=1S/C10H11BrF3NO3S/c11-8-2-1-3-9(6-8)19(17,18)15(4-5-16)7-10(12,13)14/h1-3,6,16H,4-5,7H2. The summed E-state index contributed by atoms with van der Waals surface area (Å²) in [6.07, 6.45) is -4.67. The SMILES string of the molecule is O=S(=O)(c1cccc(Br)c1)N(CCO)CC(F)(F)F. The first-order chi connectivity index (χ1) is 8.66. The van der Waals surface area contributed by atoms with Crippen molar-refractivity contribution in [2.24, 2.45) is 0 Å². The average Bonchev–Trinajstić information content (AvgIpc) is 2.26. The van der Waals surface area contributed by atoms with Crippen LogP contribution in [-0.4, -0.2) is 43.7 Å². The fraction of sp³-hybridized carbons (Fsp3) is 0.400. The Bertz CT molecular complexity index is 533. The van der Waals surface area contributed by atoms with Crippen molar-refractivity contribution >= 4 is 26.0 Å². The minimum Gasteiger partial charge on any atom is -0.395 e. The number of hydrogen-bond donors (Lipinski definition) is 1. The van der Waals surface area contributed by atoms with E-state index in [2.05, 4.69) is 15.9 Å². The lowest BCUT2D eigenvalue weighted by atomic mass is 10.4. The Hall–Kier alpha value is -0.640. The molecule has 0 unspecified atom stereocenters. The van der Waals surface area contributed by atoms with Crippen LogP contribution >= 0.6 is 15.9 Å². The smallest absolute Gasteiger partial charge is 0.395 e. The summed E-state index contributed by atoms with van der Waals surface area (Å²) in [7, 11) is -4.30. The van der Waals surface area contributed by atoms with Gasteiger partial charge in [-0.1, -0.05) is 22.0 Å². The van der Waals surface area contributed by atoms with Crippen molar-refractivity contribution in [1.82, 2.24) is 4.31 Å². The Kier molecular flexibility index (Phi) is 5.36. The molecule has 108 valence electrons. The van der Waals surface area contributed by atoms with Crippen LogP contribution in [0.3, 0.4) is 0 Å². The predicted molar refractivity (Wildman–Crippen MR) is 66.0 cm³/mol. The van der Waals surface area contributed by atoms with Crippen molar-refractivity contribution in [2.75, 3.05) is 19.7 Å². The van der Waals surface area contributed by atoms with Gasteiger partial charge in [0.25, 0.3) is 0 Å². The Labute approximate surface area is 117 Å². The number of halogens is 4. The number of benzene rings is 1. The molecule has 0 bridgehead atoms. The van der Waals surface area contributed by atoms with Crippen LogP contribution in [0.4, 0.5) is 13.2 Å². The third-order valence-corrected chi connectivity index (χ3v) is 4.47. The van der Waals surface area contributed by atoms with Gasteiger partial charge in [-0.3, -0.25) is 0 Å². The van der Waals surface area contributed by atoms with Gasteiger partial charge in [-0.15, -0.1) is 0 Å². The minimum absolute atomic E-state index is 0.203. The minimum atomic E-state index is -4.67. The van der Waals surface area contributed by atoms with E-state index in [1.165, 1.54) is 18.2 Å². The average molecular weight is 362 g/mol. The molecule has 0 fully saturated rings. The molecule has 1 N–H and O–H groups in total. The van der Waals surface area contributed by atoms with Crippen LogP contribution in [0.5, 0.6) is 0 Å². The molecule has 0 saturated carbocycles. The number of nitrogens with zero attached hydrogens (tertiary/aromatic N) is 1. The van der Waals surface area contributed by atoms with Gasteiger partial charge < -0.3 is 5.11 Å². The molecule has 0 aromatic heterocycles. The highest BCUT2D eigenvalue weighted by Gasteiger charge is 2.36. The largest absolute Gasteiger partial charge is 0.402 e. The molecule has 0 aliphatic rings. The predicted octanol–water partition coefficient (Wildman–Crippen LogP) is 1.99. The number of hydrogen-bond acceptors (Lipinski definition) is 3. The zero-order valence-electron chi connectivity index (χ0n) is 9.56. The van der Waals surface area contributed by atoms with Crippen molar-refractivity contribution in [1.29, 1.82) is 0 Å². The van der Waals surface area contributed by atoms with Crippen LogP contribution in [0, 0.1) is 0 Å². The second-order valence-corrected chi connectivity index (χ2v) is 6.49. The molecular formula is C10H11BrF3NO3S. The maximum atomic E-state index is 12.4. The fourth-order valence-electron chi connectivity index (χ4n) is 1.37. The zero-order chi connectivity index (χ0) is 14.7. The first-order valence-corrected chi connectivity index (χ1v) is 7.33. The molecule has 0 amide bonds. The summed E-state index contributed by atoms with van der Waals surface area (Å²) in [4.78, 5) is -0.264. The van der Waals surface area contributed by atoms with Gasteiger partial charge in [0.1, 0.15) is 6.54 Å². The maximum absolute atomic E-state index is 12.4. The molecule has 0 saturated heterocycles. The van der Waals surface area contributed by atoms with Crippen LogP contribution in [0.15, 0.2) is 33.6 Å². The normalized spacial score (nSPS) is 12.9. The zero-order valence-corrected chi connectivity index (χ0v) is 12.0. The lowest BCUT2D eigenvalue weighted by Crippen LogP contribution is -2.40. The van der Waals surface area contributed by atoms with E-state index in [9.17, 15) is 21.6 Å². The molecule has 1 rings (SSSR count). The Morgan fingerprint density at radius 3 is 2.42 bits per heavy atom. The molecule has 0 spiro atoms. The van der Waals surface area contributed by atoms with Crippen LogP contribution in [0.25, 0.3) is 0 Å². The summed E-state index contributed by atoms with van der Waals surface area (Å²) < 4.78 is 61.8. The van der Waals surface area contributed by atoms with E-state index in [4.69, 9.17) is 5.11 Å². The molecule has 4 nitrogen and oxygen atoms in total. The van der Waals surface area contributed by atoms with Gasteiger partial charge in [0, 0.05) is 11.0 Å². The fourth-order valence-corrected chi connectivity index (χ4v) is 3.39. The molecule has 0 aliphatic carbocycles. The van der Waals surface area contributed by atoms with Crippen LogP contribution in [0.2, 0.25) is 0 Å². The lowest BCUT2D eigenvalue weighted by molar-refractivity contribution is -0.136. The Balaban J connectivity index is 3.13. The van der Waals surface area contributed by atoms with Crippen molar-refractivity contribution in [3.05, 3.63) is 28.7 Å². The second kappa shape index (κ2) is 6.21. The Morgan fingerprint density at radius 2 is 1.95 bits per heavy atom. The summed E-state index contributed by atoms with van der Waals surface area (Å²) >= 11 is 3.05. The van der Waals surface area contributed by atoms with Gasteiger partial charge in [-0.25, -0.2) is 8.42 Å². The van der Waals surface area contributed by atoms with Gasteiger partial charge in [-0.2, -0.15) is 17.5 Å². The first kappa shape index (κ1) is 16.4. The molecule has 0 aliphatic heterocycles. The number of sulfonamides is 1. The first-order valence-electron chi connectivity index (χ1n) is 5.10. The van der Waals surface area contributed by atoms with E-state index in [0.29, 0.717) is 4.47 Å². The Morgan fingerprint density at radius 1 is 1.32 bits per heavy atom. The summed E-state index contributed by atoms with van der Waals surface area (Å²) in [6, 6.07) is 5.36. The molecular weight excluding hydrogens is 351 g/mol. The third-order valence-electron chi connectivity index (χ3n) is 2.14. The van der Waals surface area contributed by atoms with Crippen molar-refractivity contribution in [2.45, 2.75) is 11.1 Å². The highest BCUT2D eigenvalue weighted by Crippen LogP contribution is 2.24. The third kappa shape index (κ3) is 4.75. The molecule has 0 radical (unpaired) electrons. The lowest BCUT2D eigenvalue weighted by Gasteiger charge is -2.22. The van der Waals surface area contributed by atoms with E-state index in [1.54, 1.807) is 6.07 Å². The van der Waals surface area contributed by atoms with Crippen LogP contribution in [0.1, 0.15) is 0 Å². The van der Waals surface area contributed by atoms with E-state index < -0.39 is 35.9 Å². The monoisotopic (exact) mass is 361 g/mol. The second-order valence-electron chi connectivity index (χ2n) is 3.63. The summed E-state index contributed by atoms with van der Waals surface area (Å²) in [5.74, 6) is 0.